The lowest BCUT2D eigenvalue weighted by molar-refractivity contribution is -0.139. The van der Waals surface area contributed by atoms with Gasteiger partial charge in [0, 0.05) is 26.7 Å². The quantitative estimate of drug-likeness (QED) is 0.514. The minimum absolute atomic E-state index is 0.131. The first-order valence-corrected chi connectivity index (χ1v) is 13.5. The van der Waals surface area contributed by atoms with Crippen LogP contribution < -0.4 is 9.62 Å². The number of carbonyl (C=O) groups excluding carboxylic acids is 2. The molecule has 0 bridgehead atoms. The van der Waals surface area contributed by atoms with Crippen LogP contribution in [0.2, 0.25) is 0 Å². The molecule has 35 heavy (non-hydrogen) atoms. The van der Waals surface area contributed by atoms with Gasteiger partial charge in [-0.25, -0.2) is 4.31 Å². The van der Waals surface area contributed by atoms with E-state index in [9.17, 15) is 18.0 Å². The molecule has 1 N–H and O–H groups in total. The Kier molecular flexibility index (Phi) is 9.28. The summed E-state index contributed by atoms with van der Waals surface area (Å²) in [5.74, 6) is -0.635. The smallest absolute Gasteiger partial charge is 0.304 e. The molecule has 1 saturated carbocycles. The van der Waals surface area contributed by atoms with Gasteiger partial charge in [0.25, 0.3) is 0 Å². The number of amides is 2. The molecule has 190 valence electrons. The number of rotatable bonds is 11. The maximum absolute atomic E-state index is 13.6. The van der Waals surface area contributed by atoms with Gasteiger partial charge in [-0.2, -0.15) is 12.7 Å². The molecule has 0 spiro atoms. The van der Waals surface area contributed by atoms with E-state index in [-0.39, 0.29) is 11.9 Å². The van der Waals surface area contributed by atoms with Crippen molar-refractivity contribution in [2.75, 3.05) is 31.5 Å². The molecule has 2 aromatic rings. The monoisotopic (exact) mass is 500 g/mol. The van der Waals surface area contributed by atoms with Crippen molar-refractivity contribution < 1.29 is 18.0 Å². The molecule has 1 atom stereocenters. The highest BCUT2D eigenvalue weighted by atomic mass is 32.2. The maximum atomic E-state index is 13.6. The molecule has 1 aliphatic carbocycles. The van der Waals surface area contributed by atoms with Crippen LogP contribution in [-0.4, -0.2) is 68.7 Å². The fourth-order valence-corrected chi connectivity index (χ4v) is 5.33. The first kappa shape index (κ1) is 26.7. The van der Waals surface area contributed by atoms with E-state index in [2.05, 4.69) is 5.32 Å². The number of hydrogen-bond donors (Lipinski definition) is 1. The minimum atomic E-state index is -3.93. The standard InChI is InChI=1S/C26H36N4O4S/c1-21(26(32)27-23-14-10-11-15-23)29(19-18-22-12-6-4-7-13-22)25(31)20-30(35(33,34)28(2)3)24-16-8-5-9-17-24/h4-9,12-13,16-17,21,23H,10-11,14-15,18-20H2,1-3H3,(H,27,32)/t21-/m0/s1. The van der Waals surface area contributed by atoms with Crippen molar-refractivity contribution in [1.82, 2.24) is 14.5 Å². The van der Waals surface area contributed by atoms with Crippen LogP contribution in [0.15, 0.2) is 60.7 Å². The number of nitrogens with zero attached hydrogens (tertiary/aromatic N) is 3. The van der Waals surface area contributed by atoms with Gasteiger partial charge in [0.1, 0.15) is 12.6 Å². The van der Waals surface area contributed by atoms with Gasteiger partial charge in [-0.15, -0.1) is 0 Å². The molecule has 2 amide bonds. The number of carbonyl (C=O) groups is 2. The molecule has 2 aromatic carbocycles. The average Bonchev–Trinajstić information content (AvgIpc) is 3.36. The molecular formula is C26H36N4O4S. The number of para-hydroxylation sites is 1. The highest BCUT2D eigenvalue weighted by Crippen LogP contribution is 2.21. The van der Waals surface area contributed by atoms with Crippen LogP contribution in [-0.2, 0) is 26.2 Å². The summed E-state index contributed by atoms with van der Waals surface area (Å²) in [7, 11) is -1.07. The van der Waals surface area contributed by atoms with Crippen molar-refractivity contribution in [3.8, 4) is 0 Å². The summed E-state index contributed by atoms with van der Waals surface area (Å²) in [5.41, 5.74) is 1.43. The topological polar surface area (TPSA) is 90.0 Å². The predicted octanol–water partition coefficient (Wildman–Crippen LogP) is 2.82. The summed E-state index contributed by atoms with van der Waals surface area (Å²) < 4.78 is 28.4. The highest BCUT2D eigenvalue weighted by molar-refractivity contribution is 7.90. The summed E-state index contributed by atoms with van der Waals surface area (Å²) in [6.45, 7) is 1.60. The van der Waals surface area contributed by atoms with Gasteiger partial charge in [0.15, 0.2) is 0 Å². The van der Waals surface area contributed by atoms with Crippen molar-refractivity contribution in [2.45, 2.75) is 51.1 Å². The normalized spacial score (nSPS) is 15.1. The third-order valence-electron chi connectivity index (χ3n) is 6.42. The summed E-state index contributed by atoms with van der Waals surface area (Å²) in [6.07, 6.45) is 4.62. The van der Waals surface area contributed by atoms with E-state index in [0.717, 1.165) is 39.9 Å². The lowest BCUT2D eigenvalue weighted by atomic mass is 10.1. The van der Waals surface area contributed by atoms with Crippen molar-refractivity contribution in [3.63, 3.8) is 0 Å². The number of benzene rings is 2. The number of nitrogens with one attached hydrogen (secondary N) is 1. The van der Waals surface area contributed by atoms with E-state index < -0.39 is 28.7 Å². The zero-order chi connectivity index (χ0) is 25.4. The Morgan fingerprint density at radius 1 is 0.971 bits per heavy atom. The largest absolute Gasteiger partial charge is 0.352 e. The second kappa shape index (κ2) is 12.2. The van der Waals surface area contributed by atoms with E-state index in [1.54, 1.807) is 37.3 Å². The highest BCUT2D eigenvalue weighted by Gasteiger charge is 2.33. The van der Waals surface area contributed by atoms with E-state index in [1.807, 2.05) is 30.3 Å². The van der Waals surface area contributed by atoms with Gasteiger partial charge in [-0.1, -0.05) is 61.4 Å². The van der Waals surface area contributed by atoms with Gasteiger partial charge in [0.05, 0.1) is 5.69 Å². The zero-order valence-electron chi connectivity index (χ0n) is 20.8. The van der Waals surface area contributed by atoms with Crippen LogP contribution >= 0.6 is 0 Å². The molecule has 0 unspecified atom stereocenters. The van der Waals surface area contributed by atoms with Crippen LogP contribution in [0.5, 0.6) is 0 Å². The molecule has 1 fully saturated rings. The Morgan fingerprint density at radius 3 is 2.11 bits per heavy atom. The van der Waals surface area contributed by atoms with E-state index in [0.29, 0.717) is 18.7 Å². The first-order valence-electron chi connectivity index (χ1n) is 12.1. The van der Waals surface area contributed by atoms with Crippen LogP contribution in [0.4, 0.5) is 5.69 Å². The minimum Gasteiger partial charge on any atom is -0.352 e. The molecule has 0 aromatic heterocycles. The second-order valence-electron chi connectivity index (χ2n) is 9.12. The lowest BCUT2D eigenvalue weighted by Gasteiger charge is -2.33. The molecule has 0 aliphatic heterocycles. The fourth-order valence-electron chi connectivity index (χ4n) is 4.27. The van der Waals surface area contributed by atoms with Crippen molar-refractivity contribution in [3.05, 3.63) is 66.2 Å². The Bertz CT molecular complexity index is 1070. The molecule has 0 saturated heterocycles. The summed E-state index contributed by atoms with van der Waals surface area (Å²) in [5, 5.41) is 3.07. The summed E-state index contributed by atoms with van der Waals surface area (Å²) in [4.78, 5) is 28.2. The number of hydrogen-bond acceptors (Lipinski definition) is 4. The third kappa shape index (κ3) is 7.05. The number of anilines is 1. The van der Waals surface area contributed by atoms with Crippen molar-refractivity contribution >= 4 is 27.7 Å². The summed E-state index contributed by atoms with van der Waals surface area (Å²) >= 11 is 0. The van der Waals surface area contributed by atoms with Gasteiger partial charge in [-0.3, -0.25) is 9.59 Å². The van der Waals surface area contributed by atoms with Crippen molar-refractivity contribution in [2.24, 2.45) is 0 Å². The summed E-state index contributed by atoms with van der Waals surface area (Å²) in [6, 6.07) is 17.7. The van der Waals surface area contributed by atoms with E-state index >= 15 is 0 Å². The van der Waals surface area contributed by atoms with Crippen LogP contribution in [0.1, 0.15) is 38.2 Å². The van der Waals surface area contributed by atoms with Crippen LogP contribution in [0, 0.1) is 0 Å². The van der Waals surface area contributed by atoms with Crippen LogP contribution in [0.3, 0.4) is 0 Å². The van der Waals surface area contributed by atoms with Crippen LogP contribution in [0.25, 0.3) is 0 Å². The molecule has 0 heterocycles. The van der Waals surface area contributed by atoms with Gasteiger partial charge in [0.2, 0.25) is 11.8 Å². The predicted molar refractivity (Wildman–Crippen MR) is 138 cm³/mol. The van der Waals surface area contributed by atoms with E-state index in [1.165, 1.54) is 19.0 Å². The van der Waals surface area contributed by atoms with Gasteiger partial charge in [-0.05, 0) is 43.9 Å². The molecule has 1 aliphatic rings. The first-order chi connectivity index (χ1) is 16.7. The third-order valence-corrected chi connectivity index (χ3v) is 8.24. The van der Waals surface area contributed by atoms with Gasteiger partial charge < -0.3 is 10.2 Å². The molecule has 3 rings (SSSR count). The molecule has 8 nitrogen and oxygen atoms in total. The maximum Gasteiger partial charge on any atom is 0.304 e. The Hall–Kier alpha value is -2.91. The van der Waals surface area contributed by atoms with Gasteiger partial charge >= 0.3 is 10.2 Å². The molecular weight excluding hydrogens is 464 g/mol. The Labute approximate surface area is 209 Å². The molecule has 0 radical (unpaired) electrons. The Morgan fingerprint density at radius 2 is 1.54 bits per heavy atom. The fraction of sp³-hybridized carbons (Fsp3) is 0.462. The second-order valence-corrected chi connectivity index (χ2v) is 11.2. The molecule has 9 heteroatoms. The van der Waals surface area contributed by atoms with Crippen molar-refractivity contribution in [1.29, 1.82) is 0 Å². The lowest BCUT2D eigenvalue weighted by Crippen LogP contribution is -2.54. The van der Waals surface area contributed by atoms with E-state index in [4.69, 9.17) is 0 Å². The SMILES string of the molecule is C[C@@H](C(=O)NC1CCCC1)N(CCc1ccccc1)C(=O)CN(c1ccccc1)S(=O)(=O)N(C)C. The average molecular weight is 501 g/mol. The zero-order valence-corrected chi connectivity index (χ0v) is 21.6. The Balaban J connectivity index is 1.84.